The van der Waals surface area contributed by atoms with Gasteiger partial charge in [0.15, 0.2) is 0 Å². The van der Waals surface area contributed by atoms with Crippen molar-refractivity contribution < 1.29 is 19.7 Å². The predicted octanol–water partition coefficient (Wildman–Crippen LogP) is 4.22. The van der Waals surface area contributed by atoms with Crippen LogP contribution in [0.15, 0.2) is 0 Å². The summed E-state index contributed by atoms with van der Waals surface area (Å²) in [5.41, 5.74) is 0. The maximum atomic E-state index is 10.9. The Morgan fingerprint density at radius 3 is 2.08 bits per heavy atom. The molecule has 2 N–H and O–H groups in total. The van der Waals surface area contributed by atoms with Gasteiger partial charge in [-0.05, 0) is 31.6 Å². The van der Waals surface area contributed by atoms with Crippen molar-refractivity contribution in [1.29, 1.82) is 0 Å². The molecule has 0 spiro atoms. The fraction of sp³-hybridized carbons (Fsp3) is 0.857. The minimum absolute atomic E-state index is 0.0402. The van der Waals surface area contributed by atoms with Gasteiger partial charge in [-0.2, -0.15) is 0 Å². The first-order valence-electron chi connectivity index (χ1n) is 9.95. The van der Waals surface area contributed by atoms with Gasteiger partial charge in [0.2, 0.25) is 0 Å². The molecule has 0 aliphatic heterocycles. The first kappa shape index (κ1) is 23.9. The third-order valence-corrected chi connectivity index (χ3v) is 4.52. The summed E-state index contributed by atoms with van der Waals surface area (Å²) in [4.78, 5) is 10.9. The van der Waals surface area contributed by atoms with Crippen LogP contribution >= 0.6 is 0 Å². The summed E-state index contributed by atoms with van der Waals surface area (Å²) in [5.74, 6) is 2.41. The third kappa shape index (κ3) is 17.6. The van der Waals surface area contributed by atoms with E-state index < -0.39 is 0 Å². The Bertz CT molecular complexity index is 348. The summed E-state index contributed by atoms with van der Waals surface area (Å²) < 4.78 is 5.00. The van der Waals surface area contributed by atoms with E-state index in [0.29, 0.717) is 12.8 Å². The lowest BCUT2D eigenvalue weighted by Crippen LogP contribution is -2.20. The number of hydrogen-bond donors (Lipinski definition) is 2. The second-order valence-electron chi connectivity index (χ2n) is 7.00. The SMILES string of the molecule is C#CCCCCCCCCCCC[C@H](O)CC(CCO)COC(C)=O. The zero-order valence-corrected chi connectivity index (χ0v) is 16.0. The number of hydrogen-bond acceptors (Lipinski definition) is 4. The summed E-state index contributed by atoms with van der Waals surface area (Å²) in [6.45, 7) is 1.72. The van der Waals surface area contributed by atoms with Crippen LogP contribution in [-0.2, 0) is 9.53 Å². The minimum atomic E-state index is -0.372. The Balaban J connectivity index is 3.53. The minimum Gasteiger partial charge on any atom is -0.466 e. The van der Waals surface area contributed by atoms with Gasteiger partial charge in [0.1, 0.15) is 0 Å². The molecule has 0 aliphatic carbocycles. The van der Waals surface area contributed by atoms with Gasteiger partial charge in [-0.25, -0.2) is 0 Å². The van der Waals surface area contributed by atoms with Gasteiger partial charge in [-0.1, -0.05) is 51.4 Å². The van der Waals surface area contributed by atoms with E-state index in [1.165, 1.54) is 45.4 Å². The molecule has 25 heavy (non-hydrogen) atoms. The number of carbonyl (C=O) groups is 1. The topological polar surface area (TPSA) is 66.8 Å². The molecule has 0 rings (SSSR count). The number of carbonyl (C=O) groups excluding carboxylic acids is 1. The van der Waals surface area contributed by atoms with Crippen molar-refractivity contribution in [2.24, 2.45) is 5.92 Å². The lowest BCUT2D eigenvalue weighted by molar-refractivity contribution is -0.142. The van der Waals surface area contributed by atoms with Gasteiger partial charge in [0, 0.05) is 20.0 Å². The van der Waals surface area contributed by atoms with Crippen LogP contribution in [0.2, 0.25) is 0 Å². The van der Waals surface area contributed by atoms with E-state index >= 15 is 0 Å². The normalized spacial score (nSPS) is 13.2. The molecule has 1 unspecified atom stereocenters. The molecule has 0 aromatic rings. The van der Waals surface area contributed by atoms with Crippen molar-refractivity contribution in [3.8, 4) is 12.3 Å². The lowest BCUT2D eigenvalue weighted by atomic mass is 9.96. The molecule has 2 atom stereocenters. The van der Waals surface area contributed by atoms with Crippen LogP contribution in [0.25, 0.3) is 0 Å². The number of ether oxygens (including phenoxy) is 1. The number of unbranched alkanes of at least 4 members (excludes halogenated alkanes) is 9. The van der Waals surface area contributed by atoms with Crippen LogP contribution in [0.4, 0.5) is 0 Å². The first-order valence-corrected chi connectivity index (χ1v) is 9.95. The van der Waals surface area contributed by atoms with Crippen molar-refractivity contribution in [2.45, 2.75) is 96.5 Å². The quantitative estimate of drug-likeness (QED) is 0.233. The van der Waals surface area contributed by atoms with Gasteiger partial charge < -0.3 is 14.9 Å². The Hall–Kier alpha value is -1.05. The fourth-order valence-corrected chi connectivity index (χ4v) is 3.03. The number of esters is 1. The van der Waals surface area contributed by atoms with Gasteiger partial charge in [-0.3, -0.25) is 4.79 Å². The highest BCUT2D eigenvalue weighted by atomic mass is 16.5. The number of terminal acetylenes is 1. The molecule has 146 valence electrons. The van der Waals surface area contributed by atoms with E-state index in [0.717, 1.165) is 32.1 Å². The van der Waals surface area contributed by atoms with Crippen LogP contribution in [0.1, 0.15) is 90.4 Å². The molecule has 4 heteroatoms. The maximum Gasteiger partial charge on any atom is 0.302 e. The highest BCUT2D eigenvalue weighted by Gasteiger charge is 2.15. The van der Waals surface area contributed by atoms with E-state index in [4.69, 9.17) is 16.3 Å². The van der Waals surface area contributed by atoms with Crippen molar-refractivity contribution >= 4 is 5.97 Å². The predicted molar refractivity (Wildman–Crippen MR) is 102 cm³/mol. The maximum absolute atomic E-state index is 10.9. The molecule has 0 saturated carbocycles. The van der Waals surface area contributed by atoms with Gasteiger partial charge in [0.05, 0.1) is 12.7 Å². The molecular formula is C21H38O4. The van der Waals surface area contributed by atoms with Crippen molar-refractivity contribution in [3.63, 3.8) is 0 Å². The van der Waals surface area contributed by atoms with E-state index in [2.05, 4.69) is 5.92 Å². The molecule has 0 radical (unpaired) electrons. The van der Waals surface area contributed by atoms with Crippen LogP contribution < -0.4 is 0 Å². The van der Waals surface area contributed by atoms with Gasteiger partial charge in [-0.15, -0.1) is 12.3 Å². The summed E-state index contributed by atoms with van der Waals surface area (Å²) in [6, 6.07) is 0. The number of aliphatic hydroxyl groups is 2. The molecule has 0 aliphatic rings. The Morgan fingerprint density at radius 1 is 1.00 bits per heavy atom. The summed E-state index contributed by atoms with van der Waals surface area (Å²) in [7, 11) is 0. The molecule has 0 fully saturated rings. The Morgan fingerprint density at radius 2 is 1.56 bits per heavy atom. The molecule has 4 nitrogen and oxygen atoms in total. The molecule has 0 heterocycles. The molecule has 0 aromatic carbocycles. The van der Waals surface area contributed by atoms with Crippen molar-refractivity contribution in [3.05, 3.63) is 0 Å². The average molecular weight is 355 g/mol. The van der Waals surface area contributed by atoms with Crippen molar-refractivity contribution in [1.82, 2.24) is 0 Å². The van der Waals surface area contributed by atoms with E-state index in [9.17, 15) is 9.90 Å². The number of rotatable bonds is 17. The standard InChI is InChI=1S/C21H38O4/c1-3-4-5-6-7-8-9-10-11-12-13-14-21(24)17-20(15-16-22)18-25-19(2)23/h1,20-22,24H,4-18H2,2H3/t20?,21-/m0/s1. The lowest BCUT2D eigenvalue weighted by Gasteiger charge is -2.19. The Kier molecular flexibility index (Phi) is 17.0. The van der Waals surface area contributed by atoms with Crippen LogP contribution in [0, 0.1) is 18.3 Å². The fourth-order valence-electron chi connectivity index (χ4n) is 3.03. The molecule has 0 bridgehead atoms. The van der Waals surface area contributed by atoms with Crippen LogP contribution in [0.5, 0.6) is 0 Å². The molecule has 0 aromatic heterocycles. The molecule has 0 saturated heterocycles. The Labute approximate surface area is 154 Å². The van der Waals surface area contributed by atoms with Crippen molar-refractivity contribution in [2.75, 3.05) is 13.2 Å². The molecule has 0 amide bonds. The average Bonchev–Trinajstić information content (AvgIpc) is 2.57. The van der Waals surface area contributed by atoms with E-state index in [1.54, 1.807) is 0 Å². The van der Waals surface area contributed by atoms with Crippen LogP contribution in [0.3, 0.4) is 0 Å². The summed E-state index contributed by atoms with van der Waals surface area (Å²) in [6.07, 6.45) is 18.7. The zero-order chi connectivity index (χ0) is 18.8. The monoisotopic (exact) mass is 354 g/mol. The first-order chi connectivity index (χ1) is 12.1. The van der Waals surface area contributed by atoms with E-state index in [1.807, 2.05) is 0 Å². The summed E-state index contributed by atoms with van der Waals surface area (Å²) in [5, 5.41) is 19.2. The third-order valence-electron chi connectivity index (χ3n) is 4.52. The van der Waals surface area contributed by atoms with Crippen LogP contribution in [-0.4, -0.2) is 35.5 Å². The van der Waals surface area contributed by atoms with Gasteiger partial charge in [0.25, 0.3) is 0 Å². The molecular weight excluding hydrogens is 316 g/mol. The highest BCUT2D eigenvalue weighted by Crippen LogP contribution is 2.17. The largest absolute Gasteiger partial charge is 0.466 e. The van der Waals surface area contributed by atoms with E-state index in [-0.39, 0.29) is 31.2 Å². The summed E-state index contributed by atoms with van der Waals surface area (Å²) >= 11 is 0. The second-order valence-corrected chi connectivity index (χ2v) is 7.00. The smallest absolute Gasteiger partial charge is 0.302 e. The highest BCUT2D eigenvalue weighted by molar-refractivity contribution is 5.65. The zero-order valence-electron chi connectivity index (χ0n) is 16.0. The number of aliphatic hydroxyl groups excluding tert-OH is 2. The van der Waals surface area contributed by atoms with Gasteiger partial charge >= 0.3 is 5.97 Å². The second kappa shape index (κ2) is 17.8.